The molecule has 3 aromatic carbocycles. The number of hydrogen-bond donors (Lipinski definition) is 0. The van der Waals surface area contributed by atoms with Gasteiger partial charge >= 0.3 is 0 Å². The van der Waals surface area contributed by atoms with Crippen LogP contribution in [0.4, 0.5) is 4.39 Å². The first-order valence-electron chi connectivity index (χ1n) is 9.02. The summed E-state index contributed by atoms with van der Waals surface area (Å²) in [6, 6.07) is 18.1. The molecule has 0 spiro atoms. The van der Waals surface area contributed by atoms with Gasteiger partial charge in [-0.15, -0.1) is 0 Å². The summed E-state index contributed by atoms with van der Waals surface area (Å²) >= 11 is 13.2. The van der Waals surface area contributed by atoms with Crippen molar-refractivity contribution in [1.29, 1.82) is 0 Å². The molecule has 0 fully saturated rings. The topological polar surface area (TPSA) is 24.8 Å². The second-order valence-electron chi connectivity index (χ2n) is 6.98. The number of ether oxygens (including phenoxy) is 1. The minimum Gasteiger partial charge on any atom is -0.463 e. The summed E-state index contributed by atoms with van der Waals surface area (Å²) in [4.78, 5) is 0. The van der Waals surface area contributed by atoms with Crippen molar-refractivity contribution in [3.05, 3.63) is 97.1 Å². The summed E-state index contributed by atoms with van der Waals surface area (Å²) in [6.07, 6.45) is 0.286. The van der Waals surface area contributed by atoms with Crippen molar-refractivity contribution in [1.82, 2.24) is 5.01 Å². The molecule has 0 amide bonds. The van der Waals surface area contributed by atoms with Crippen molar-refractivity contribution in [3.8, 4) is 5.75 Å². The molecule has 0 aliphatic carbocycles. The average molecular weight is 537 g/mol. The smallest absolute Gasteiger partial charge is 0.213 e. The van der Waals surface area contributed by atoms with E-state index in [1.807, 2.05) is 35.3 Å². The molecule has 0 N–H and O–H groups in total. The van der Waals surface area contributed by atoms with Crippen LogP contribution in [0.2, 0.25) is 5.02 Å². The largest absolute Gasteiger partial charge is 0.463 e. The van der Waals surface area contributed by atoms with Gasteiger partial charge in [0.05, 0.1) is 16.2 Å². The zero-order valence-corrected chi connectivity index (χ0v) is 18.9. The van der Waals surface area contributed by atoms with Gasteiger partial charge < -0.3 is 4.74 Å². The van der Waals surface area contributed by atoms with Crippen LogP contribution in [-0.2, 0) is 0 Å². The second kappa shape index (κ2) is 7.42. The molecule has 3 aromatic rings. The first-order valence-corrected chi connectivity index (χ1v) is 11.0. The summed E-state index contributed by atoms with van der Waals surface area (Å²) < 4.78 is 21.7. The highest BCUT2D eigenvalue weighted by Crippen LogP contribution is 2.50. The maximum absolute atomic E-state index is 13.5. The van der Waals surface area contributed by atoms with E-state index in [0.29, 0.717) is 5.02 Å². The summed E-state index contributed by atoms with van der Waals surface area (Å²) in [6.45, 7) is 0. The molecular formula is C22H14Br2ClFN2O. The Balaban J connectivity index is 1.62. The van der Waals surface area contributed by atoms with Crippen LogP contribution in [0.3, 0.4) is 0 Å². The normalized spacial score (nSPS) is 20.0. The molecule has 0 bridgehead atoms. The number of benzene rings is 3. The highest BCUT2D eigenvalue weighted by Gasteiger charge is 2.41. The summed E-state index contributed by atoms with van der Waals surface area (Å²) in [5.41, 5.74) is 3.89. The lowest BCUT2D eigenvalue weighted by molar-refractivity contribution is -0.0197. The number of halogens is 4. The molecule has 0 saturated heterocycles. The predicted octanol–water partition coefficient (Wildman–Crippen LogP) is 7.25. The van der Waals surface area contributed by atoms with Crippen molar-refractivity contribution in [2.24, 2.45) is 5.10 Å². The Labute approximate surface area is 189 Å². The number of hydrogen-bond acceptors (Lipinski definition) is 3. The standard InChI is InChI=1S/C22H14Br2ClFN2O/c23-14-9-17-20-11-19(12-1-5-15(25)6-2-12)27-28(20)22(29-21(17)18(24)10-14)13-3-7-16(26)8-4-13/h1-10,20,22H,11H2. The Bertz CT molecular complexity index is 1120. The average Bonchev–Trinajstić information content (AvgIpc) is 3.14. The quantitative estimate of drug-likeness (QED) is 0.345. The lowest BCUT2D eigenvalue weighted by Crippen LogP contribution is -2.33. The molecule has 7 heteroatoms. The molecule has 0 aromatic heterocycles. The van der Waals surface area contributed by atoms with Crippen LogP contribution in [0.1, 0.15) is 35.4 Å². The van der Waals surface area contributed by atoms with E-state index in [2.05, 4.69) is 37.9 Å². The lowest BCUT2D eigenvalue weighted by Gasteiger charge is -2.38. The van der Waals surface area contributed by atoms with Crippen molar-refractivity contribution in [2.45, 2.75) is 18.7 Å². The number of rotatable bonds is 2. The van der Waals surface area contributed by atoms with Crippen molar-refractivity contribution < 1.29 is 9.13 Å². The fourth-order valence-electron chi connectivity index (χ4n) is 3.78. The molecule has 5 rings (SSSR count). The van der Waals surface area contributed by atoms with Gasteiger partial charge in [-0.25, -0.2) is 9.40 Å². The molecule has 2 atom stereocenters. The van der Waals surface area contributed by atoms with Crippen LogP contribution in [0, 0.1) is 5.82 Å². The Morgan fingerprint density at radius 1 is 1.03 bits per heavy atom. The Hall–Kier alpha value is -1.89. The van der Waals surface area contributed by atoms with Crippen LogP contribution in [0.5, 0.6) is 5.75 Å². The molecule has 29 heavy (non-hydrogen) atoms. The van der Waals surface area contributed by atoms with E-state index in [4.69, 9.17) is 21.4 Å². The van der Waals surface area contributed by atoms with E-state index >= 15 is 0 Å². The zero-order chi connectivity index (χ0) is 20.1. The fraction of sp³-hybridized carbons (Fsp3) is 0.136. The van der Waals surface area contributed by atoms with E-state index in [9.17, 15) is 4.39 Å². The van der Waals surface area contributed by atoms with Gasteiger partial charge in [0.1, 0.15) is 11.6 Å². The lowest BCUT2D eigenvalue weighted by atomic mass is 9.96. The van der Waals surface area contributed by atoms with Crippen molar-refractivity contribution >= 4 is 49.2 Å². The minimum atomic E-state index is -0.449. The maximum atomic E-state index is 13.5. The maximum Gasteiger partial charge on any atom is 0.213 e. The first kappa shape index (κ1) is 19.1. The van der Waals surface area contributed by atoms with Gasteiger partial charge in [-0.3, -0.25) is 0 Å². The van der Waals surface area contributed by atoms with E-state index in [0.717, 1.165) is 43.5 Å². The van der Waals surface area contributed by atoms with Crippen LogP contribution >= 0.6 is 43.5 Å². The Morgan fingerprint density at radius 3 is 2.48 bits per heavy atom. The van der Waals surface area contributed by atoms with Crippen LogP contribution in [-0.4, -0.2) is 10.7 Å². The molecule has 146 valence electrons. The van der Waals surface area contributed by atoms with Gasteiger partial charge in [0.2, 0.25) is 6.23 Å². The van der Waals surface area contributed by atoms with Gasteiger partial charge in [0.25, 0.3) is 0 Å². The van der Waals surface area contributed by atoms with Gasteiger partial charge in [-0.2, -0.15) is 5.10 Å². The van der Waals surface area contributed by atoms with Gasteiger partial charge in [-0.1, -0.05) is 51.8 Å². The molecule has 2 aliphatic rings. The Morgan fingerprint density at radius 2 is 1.76 bits per heavy atom. The van der Waals surface area contributed by atoms with Gasteiger partial charge in [-0.05, 0) is 57.9 Å². The van der Waals surface area contributed by atoms with E-state index in [-0.39, 0.29) is 11.9 Å². The number of hydrazone groups is 1. The molecule has 3 nitrogen and oxygen atoms in total. The van der Waals surface area contributed by atoms with E-state index < -0.39 is 6.23 Å². The number of fused-ring (bicyclic) bond motifs is 3. The van der Waals surface area contributed by atoms with Crippen molar-refractivity contribution in [2.75, 3.05) is 0 Å². The first-order chi connectivity index (χ1) is 14.0. The highest BCUT2D eigenvalue weighted by molar-refractivity contribution is 9.11. The third kappa shape index (κ3) is 3.47. The summed E-state index contributed by atoms with van der Waals surface area (Å²) in [5.74, 6) is 0.509. The zero-order valence-electron chi connectivity index (χ0n) is 14.9. The summed E-state index contributed by atoms with van der Waals surface area (Å²) in [5, 5.41) is 7.57. The second-order valence-corrected chi connectivity index (χ2v) is 9.19. The van der Waals surface area contributed by atoms with Crippen LogP contribution in [0.25, 0.3) is 0 Å². The fourth-order valence-corrected chi connectivity index (χ4v) is 5.26. The predicted molar refractivity (Wildman–Crippen MR) is 119 cm³/mol. The van der Waals surface area contributed by atoms with E-state index in [1.165, 1.54) is 12.1 Å². The molecule has 0 radical (unpaired) electrons. The van der Waals surface area contributed by atoms with Crippen LogP contribution in [0.15, 0.2) is 74.7 Å². The molecule has 2 aliphatic heterocycles. The van der Waals surface area contributed by atoms with Crippen LogP contribution < -0.4 is 4.74 Å². The van der Waals surface area contributed by atoms with Crippen molar-refractivity contribution in [3.63, 3.8) is 0 Å². The van der Waals surface area contributed by atoms with E-state index in [1.54, 1.807) is 12.1 Å². The molecular weight excluding hydrogens is 523 g/mol. The monoisotopic (exact) mass is 534 g/mol. The molecule has 2 unspecified atom stereocenters. The summed E-state index contributed by atoms with van der Waals surface area (Å²) in [7, 11) is 0. The molecule has 2 heterocycles. The Kier molecular flexibility index (Phi) is 4.88. The third-order valence-electron chi connectivity index (χ3n) is 5.14. The third-order valence-corrected chi connectivity index (χ3v) is 6.44. The highest BCUT2D eigenvalue weighted by atomic mass is 79.9. The van der Waals surface area contributed by atoms with Gasteiger partial charge in [0, 0.05) is 27.0 Å². The molecule has 0 saturated carbocycles. The number of nitrogens with zero attached hydrogens (tertiary/aromatic N) is 2. The minimum absolute atomic E-state index is 0.00767. The SMILES string of the molecule is Fc1ccc(C2Oc3c(Br)cc(Br)cc3C3CC(c4ccc(Cl)cc4)=NN32)cc1. The van der Waals surface area contributed by atoms with Gasteiger partial charge in [0.15, 0.2) is 0 Å².